The maximum absolute atomic E-state index is 13.0. The summed E-state index contributed by atoms with van der Waals surface area (Å²) in [5, 5.41) is -0.378. The fourth-order valence-electron chi connectivity index (χ4n) is 2.50. The Morgan fingerprint density at radius 2 is 2.10 bits per heavy atom. The minimum atomic E-state index is -4.58. The molecular weight excluding hydrogens is 285 g/mol. The Balaban J connectivity index is 2.17. The monoisotopic (exact) mass is 298 g/mol. The molecule has 1 aliphatic heterocycles. The average molecular weight is 298 g/mol. The molecule has 0 spiro atoms. The molecule has 2 aromatic rings. The predicted octanol–water partition coefficient (Wildman–Crippen LogP) is 2.45. The highest BCUT2D eigenvalue weighted by molar-refractivity contribution is 5.81. The second-order valence-corrected chi connectivity index (χ2v) is 5.68. The summed E-state index contributed by atoms with van der Waals surface area (Å²) >= 11 is 0. The quantitative estimate of drug-likeness (QED) is 0.855. The normalized spacial score (nSPS) is 17.7. The maximum Gasteiger partial charge on any atom is 0.417 e. The van der Waals surface area contributed by atoms with Gasteiger partial charge in [-0.1, -0.05) is 13.0 Å². The predicted molar refractivity (Wildman–Crippen MR) is 69.9 cm³/mol. The van der Waals surface area contributed by atoms with Crippen LogP contribution in [0.4, 0.5) is 13.2 Å². The minimum Gasteiger partial charge on any atom is -0.380 e. The van der Waals surface area contributed by atoms with Crippen molar-refractivity contribution >= 4 is 10.9 Å². The molecule has 1 fully saturated rings. The lowest BCUT2D eigenvalue weighted by molar-refractivity contribution is -0.136. The van der Waals surface area contributed by atoms with E-state index in [1.54, 1.807) is 0 Å². The number of ether oxygens (including phenoxy) is 1. The van der Waals surface area contributed by atoms with Crippen LogP contribution in [0, 0.1) is 5.41 Å². The summed E-state index contributed by atoms with van der Waals surface area (Å²) < 4.78 is 45.5. The van der Waals surface area contributed by atoms with Crippen molar-refractivity contribution in [3.8, 4) is 0 Å². The van der Waals surface area contributed by atoms with E-state index < -0.39 is 17.3 Å². The van der Waals surface area contributed by atoms with Crippen molar-refractivity contribution in [1.82, 2.24) is 9.55 Å². The van der Waals surface area contributed by atoms with Gasteiger partial charge in [-0.2, -0.15) is 13.2 Å². The number of rotatable bonds is 2. The maximum atomic E-state index is 13.0. The zero-order valence-corrected chi connectivity index (χ0v) is 11.3. The molecule has 21 heavy (non-hydrogen) atoms. The third-order valence-corrected chi connectivity index (χ3v) is 3.61. The number of nitrogens with zero attached hydrogens (tertiary/aromatic N) is 2. The van der Waals surface area contributed by atoms with Gasteiger partial charge in [0.1, 0.15) is 0 Å². The zero-order chi connectivity index (χ0) is 15.3. The average Bonchev–Trinajstić information content (AvgIpc) is 2.38. The SMILES string of the molecule is CC1(Cn2cnc3cccc(C(F)(F)F)c3c2=O)COC1. The van der Waals surface area contributed by atoms with E-state index in [2.05, 4.69) is 4.98 Å². The molecule has 7 heteroatoms. The van der Waals surface area contributed by atoms with Crippen molar-refractivity contribution < 1.29 is 17.9 Å². The summed E-state index contributed by atoms with van der Waals surface area (Å²) in [5.41, 5.74) is -1.78. The number of fused-ring (bicyclic) bond motifs is 1. The van der Waals surface area contributed by atoms with Crippen molar-refractivity contribution in [2.75, 3.05) is 13.2 Å². The topological polar surface area (TPSA) is 44.1 Å². The molecule has 4 nitrogen and oxygen atoms in total. The van der Waals surface area contributed by atoms with E-state index >= 15 is 0 Å². The van der Waals surface area contributed by atoms with E-state index in [4.69, 9.17) is 4.74 Å². The van der Waals surface area contributed by atoms with Crippen LogP contribution in [0.3, 0.4) is 0 Å². The fourth-order valence-corrected chi connectivity index (χ4v) is 2.50. The van der Waals surface area contributed by atoms with Gasteiger partial charge in [-0.05, 0) is 12.1 Å². The van der Waals surface area contributed by atoms with Crippen molar-refractivity contribution in [3.63, 3.8) is 0 Å². The lowest BCUT2D eigenvalue weighted by Crippen LogP contribution is -2.45. The Kier molecular flexibility index (Phi) is 3.05. The number of hydrogen-bond acceptors (Lipinski definition) is 3. The van der Waals surface area contributed by atoms with E-state index in [1.807, 2.05) is 6.92 Å². The number of alkyl halides is 3. The molecule has 1 aromatic carbocycles. The lowest BCUT2D eigenvalue weighted by Gasteiger charge is -2.38. The number of benzene rings is 1. The van der Waals surface area contributed by atoms with Crippen LogP contribution in [-0.4, -0.2) is 22.8 Å². The largest absolute Gasteiger partial charge is 0.417 e. The van der Waals surface area contributed by atoms with Crippen molar-refractivity contribution in [2.24, 2.45) is 5.41 Å². The first kappa shape index (κ1) is 14.1. The number of halogens is 3. The van der Waals surface area contributed by atoms with Gasteiger partial charge in [0.2, 0.25) is 0 Å². The summed E-state index contributed by atoms with van der Waals surface area (Å²) in [6, 6.07) is 3.57. The molecule has 1 saturated heterocycles. The van der Waals surface area contributed by atoms with Crippen LogP contribution < -0.4 is 5.56 Å². The standard InChI is InChI=1S/C14H13F3N2O2/c1-13(6-21-7-13)5-19-8-18-10-4-2-3-9(14(15,16)17)11(10)12(19)20/h2-4,8H,5-7H2,1H3. The van der Waals surface area contributed by atoms with Crippen LogP contribution in [0.2, 0.25) is 0 Å². The van der Waals surface area contributed by atoms with Gasteiger partial charge < -0.3 is 4.74 Å². The number of hydrogen-bond donors (Lipinski definition) is 0. The molecule has 0 radical (unpaired) electrons. The molecule has 0 unspecified atom stereocenters. The van der Waals surface area contributed by atoms with Crippen LogP contribution in [-0.2, 0) is 17.5 Å². The molecular formula is C14H13F3N2O2. The number of aromatic nitrogens is 2. The highest BCUT2D eigenvalue weighted by Gasteiger charge is 2.36. The zero-order valence-electron chi connectivity index (χ0n) is 11.3. The molecule has 1 aliphatic rings. The second-order valence-electron chi connectivity index (χ2n) is 5.68. The van der Waals surface area contributed by atoms with Gasteiger partial charge in [0.15, 0.2) is 0 Å². The van der Waals surface area contributed by atoms with E-state index in [-0.39, 0.29) is 16.3 Å². The van der Waals surface area contributed by atoms with Gasteiger partial charge in [0.05, 0.1) is 36.0 Å². The molecule has 0 bridgehead atoms. The molecule has 1 aromatic heterocycles. The van der Waals surface area contributed by atoms with Crippen LogP contribution >= 0.6 is 0 Å². The third kappa shape index (κ3) is 2.42. The summed E-state index contributed by atoms with van der Waals surface area (Å²) in [6.45, 7) is 3.18. The van der Waals surface area contributed by atoms with Crippen LogP contribution in [0.5, 0.6) is 0 Å². The molecule has 0 N–H and O–H groups in total. The summed E-state index contributed by atoms with van der Waals surface area (Å²) in [6.07, 6.45) is -3.28. The third-order valence-electron chi connectivity index (χ3n) is 3.61. The summed E-state index contributed by atoms with van der Waals surface area (Å²) in [5.74, 6) is 0. The van der Waals surface area contributed by atoms with E-state index in [9.17, 15) is 18.0 Å². The van der Waals surface area contributed by atoms with Gasteiger partial charge >= 0.3 is 6.18 Å². The Hall–Kier alpha value is -1.89. The first-order valence-corrected chi connectivity index (χ1v) is 6.43. The van der Waals surface area contributed by atoms with Crippen molar-refractivity contribution in [3.05, 3.63) is 40.4 Å². The van der Waals surface area contributed by atoms with E-state index in [0.29, 0.717) is 19.8 Å². The highest BCUT2D eigenvalue weighted by atomic mass is 19.4. The molecule has 0 amide bonds. The Labute approximate surface area is 118 Å². The molecule has 112 valence electrons. The Morgan fingerprint density at radius 3 is 2.67 bits per heavy atom. The molecule has 3 rings (SSSR count). The van der Waals surface area contributed by atoms with Gasteiger partial charge in [-0.25, -0.2) is 4.98 Å². The van der Waals surface area contributed by atoms with Crippen molar-refractivity contribution in [1.29, 1.82) is 0 Å². The molecule has 2 heterocycles. The molecule has 0 saturated carbocycles. The molecule has 0 atom stereocenters. The minimum absolute atomic E-state index is 0.0566. The molecule has 0 aliphatic carbocycles. The Morgan fingerprint density at radius 1 is 1.38 bits per heavy atom. The van der Waals surface area contributed by atoms with Gasteiger partial charge in [-0.3, -0.25) is 9.36 Å². The lowest BCUT2D eigenvalue weighted by atomic mass is 9.88. The van der Waals surface area contributed by atoms with Crippen LogP contribution in [0.25, 0.3) is 10.9 Å². The van der Waals surface area contributed by atoms with Gasteiger partial charge in [0, 0.05) is 12.0 Å². The fraction of sp³-hybridized carbons (Fsp3) is 0.429. The Bertz CT molecular complexity index is 748. The van der Waals surface area contributed by atoms with Crippen LogP contribution in [0.1, 0.15) is 12.5 Å². The summed E-state index contributed by atoms with van der Waals surface area (Å²) in [4.78, 5) is 16.4. The van der Waals surface area contributed by atoms with Gasteiger partial charge in [0.25, 0.3) is 5.56 Å². The first-order valence-electron chi connectivity index (χ1n) is 6.43. The summed E-state index contributed by atoms with van der Waals surface area (Å²) in [7, 11) is 0. The smallest absolute Gasteiger partial charge is 0.380 e. The van der Waals surface area contributed by atoms with E-state index in [1.165, 1.54) is 23.0 Å². The van der Waals surface area contributed by atoms with E-state index in [0.717, 1.165) is 6.07 Å². The van der Waals surface area contributed by atoms with Crippen LogP contribution in [0.15, 0.2) is 29.3 Å². The van der Waals surface area contributed by atoms with Crippen molar-refractivity contribution in [2.45, 2.75) is 19.6 Å². The van der Waals surface area contributed by atoms with Gasteiger partial charge in [-0.15, -0.1) is 0 Å². The second kappa shape index (κ2) is 4.56. The highest BCUT2D eigenvalue weighted by Crippen LogP contribution is 2.33. The first-order chi connectivity index (χ1) is 9.80.